The number of pyridine rings is 1. The molecule has 0 bridgehead atoms. The Kier molecular flexibility index (Phi) is 3.91. The van der Waals surface area contributed by atoms with Crippen molar-refractivity contribution in [2.45, 2.75) is 40.2 Å². The number of hydrogen-bond acceptors (Lipinski definition) is 2. The maximum Gasteiger partial charge on any atom is 0.221 e. The summed E-state index contributed by atoms with van der Waals surface area (Å²) in [5, 5.41) is 3.92. The zero-order valence-electron chi connectivity index (χ0n) is 14.8. The van der Waals surface area contributed by atoms with Crippen LogP contribution >= 0.6 is 0 Å². The van der Waals surface area contributed by atoms with Gasteiger partial charge in [0.25, 0.3) is 0 Å². The van der Waals surface area contributed by atoms with Gasteiger partial charge < -0.3 is 9.88 Å². The van der Waals surface area contributed by atoms with E-state index >= 15 is 0 Å². The number of aromatic nitrogens is 2. The molecule has 2 aromatic heterocycles. The Morgan fingerprint density at radius 2 is 1.79 bits per heavy atom. The van der Waals surface area contributed by atoms with Crippen molar-refractivity contribution in [1.29, 1.82) is 0 Å². The predicted molar refractivity (Wildman–Crippen MR) is 99.2 cm³/mol. The number of fused-ring (bicyclic) bond motifs is 1. The first-order chi connectivity index (χ1) is 11.3. The van der Waals surface area contributed by atoms with E-state index in [0.29, 0.717) is 0 Å². The highest BCUT2D eigenvalue weighted by molar-refractivity contribution is 6.07. The Hall–Kier alpha value is -2.62. The summed E-state index contributed by atoms with van der Waals surface area (Å²) in [5.41, 5.74) is 4.99. The molecule has 4 heteroatoms. The van der Waals surface area contributed by atoms with Crippen molar-refractivity contribution in [2.24, 2.45) is 0 Å². The lowest BCUT2D eigenvalue weighted by Gasteiger charge is -2.22. The van der Waals surface area contributed by atoms with Crippen molar-refractivity contribution >= 4 is 22.6 Å². The number of rotatable bonds is 2. The fraction of sp³-hybridized carbons (Fsp3) is 0.300. The topological polar surface area (TPSA) is 46.9 Å². The minimum atomic E-state index is -0.108. The van der Waals surface area contributed by atoms with E-state index in [1.807, 2.05) is 6.07 Å². The summed E-state index contributed by atoms with van der Waals surface area (Å²) in [4.78, 5) is 16.2. The third kappa shape index (κ3) is 2.92. The second-order valence-electron chi connectivity index (χ2n) is 7.19. The van der Waals surface area contributed by atoms with Gasteiger partial charge in [-0.3, -0.25) is 4.79 Å². The van der Waals surface area contributed by atoms with Crippen molar-refractivity contribution in [3.05, 3.63) is 48.3 Å². The Morgan fingerprint density at radius 1 is 1.12 bits per heavy atom. The summed E-state index contributed by atoms with van der Waals surface area (Å²) in [7, 11) is 0. The fourth-order valence-electron chi connectivity index (χ4n) is 2.91. The van der Waals surface area contributed by atoms with E-state index < -0.39 is 0 Å². The summed E-state index contributed by atoms with van der Waals surface area (Å²) in [5.74, 6) is -0.0825. The van der Waals surface area contributed by atoms with Crippen LogP contribution in [0.15, 0.2) is 42.7 Å². The molecule has 1 aromatic carbocycles. The predicted octanol–water partition coefficient (Wildman–Crippen LogP) is 4.73. The molecule has 1 N–H and O–H groups in total. The van der Waals surface area contributed by atoms with Crippen LogP contribution in [0.3, 0.4) is 0 Å². The van der Waals surface area contributed by atoms with Gasteiger partial charge >= 0.3 is 0 Å². The van der Waals surface area contributed by atoms with Gasteiger partial charge in [0.1, 0.15) is 5.65 Å². The third-order valence-electron chi connectivity index (χ3n) is 4.08. The van der Waals surface area contributed by atoms with Crippen molar-refractivity contribution in [3.8, 4) is 11.1 Å². The lowest BCUT2D eigenvalue weighted by Crippen LogP contribution is -2.21. The molecule has 0 saturated carbocycles. The molecule has 0 unspecified atom stereocenters. The van der Waals surface area contributed by atoms with Crippen LogP contribution in [0, 0.1) is 6.92 Å². The molecule has 3 rings (SSSR count). The monoisotopic (exact) mass is 321 g/mol. The van der Waals surface area contributed by atoms with Crippen LogP contribution < -0.4 is 5.32 Å². The van der Waals surface area contributed by atoms with Crippen LogP contribution in [-0.2, 0) is 10.3 Å². The summed E-state index contributed by atoms with van der Waals surface area (Å²) in [6.07, 6.45) is 3.88. The van der Waals surface area contributed by atoms with Gasteiger partial charge in [-0.05, 0) is 39.3 Å². The van der Waals surface area contributed by atoms with Crippen molar-refractivity contribution in [2.75, 3.05) is 5.32 Å². The largest absolute Gasteiger partial charge is 0.327 e. The Labute approximate surface area is 142 Å². The number of amides is 1. The normalized spacial score (nSPS) is 11.7. The minimum absolute atomic E-state index is 0.0825. The fourth-order valence-corrected chi connectivity index (χ4v) is 2.91. The first-order valence-electron chi connectivity index (χ1n) is 8.12. The van der Waals surface area contributed by atoms with Gasteiger partial charge in [-0.25, -0.2) is 4.98 Å². The van der Waals surface area contributed by atoms with Crippen molar-refractivity contribution in [3.63, 3.8) is 0 Å². The zero-order valence-corrected chi connectivity index (χ0v) is 14.8. The molecule has 0 aliphatic carbocycles. The van der Waals surface area contributed by atoms with Crippen LogP contribution in [0.5, 0.6) is 0 Å². The first-order valence-corrected chi connectivity index (χ1v) is 8.12. The molecular weight excluding hydrogens is 298 g/mol. The second kappa shape index (κ2) is 5.78. The molecule has 124 valence electrons. The molecule has 3 aromatic rings. The summed E-state index contributed by atoms with van der Waals surface area (Å²) in [6.45, 7) is 10.1. The van der Waals surface area contributed by atoms with Gasteiger partial charge in [-0.15, -0.1) is 0 Å². The summed E-state index contributed by atoms with van der Waals surface area (Å²) >= 11 is 0. The van der Waals surface area contributed by atoms with Crippen LogP contribution in [0.4, 0.5) is 5.69 Å². The van der Waals surface area contributed by atoms with Gasteiger partial charge in [0.15, 0.2) is 0 Å². The number of benzene rings is 1. The zero-order chi connectivity index (χ0) is 17.5. The lowest BCUT2D eigenvalue weighted by molar-refractivity contribution is -0.114. The van der Waals surface area contributed by atoms with Crippen LogP contribution in [0.2, 0.25) is 0 Å². The smallest absolute Gasteiger partial charge is 0.221 e. The second-order valence-corrected chi connectivity index (χ2v) is 7.19. The highest BCUT2D eigenvalue weighted by atomic mass is 16.1. The lowest BCUT2D eigenvalue weighted by atomic mass is 10.0. The third-order valence-corrected chi connectivity index (χ3v) is 4.08. The van der Waals surface area contributed by atoms with Gasteiger partial charge in [0.2, 0.25) is 5.91 Å². The van der Waals surface area contributed by atoms with E-state index in [1.54, 1.807) is 6.20 Å². The summed E-state index contributed by atoms with van der Waals surface area (Å²) < 4.78 is 2.17. The van der Waals surface area contributed by atoms with E-state index in [4.69, 9.17) is 0 Å². The van der Waals surface area contributed by atoms with E-state index in [2.05, 4.69) is 73.0 Å². The molecule has 2 heterocycles. The number of carbonyl (C=O) groups excluding carboxylic acids is 1. The Balaban J connectivity index is 2.34. The highest BCUT2D eigenvalue weighted by Gasteiger charge is 2.22. The molecule has 0 saturated heterocycles. The minimum Gasteiger partial charge on any atom is -0.327 e. The number of nitrogens with one attached hydrogen (secondary N) is 1. The quantitative estimate of drug-likeness (QED) is 0.742. The number of carbonyl (C=O) groups is 1. The van der Waals surface area contributed by atoms with Crippen LogP contribution in [-0.4, -0.2) is 15.5 Å². The van der Waals surface area contributed by atoms with E-state index in [1.165, 1.54) is 12.5 Å². The molecule has 24 heavy (non-hydrogen) atoms. The average molecular weight is 321 g/mol. The van der Waals surface area contributed by atoms with Crippen LogP contribution in [0.1, 0.15) is 33.3 Å². The molecule has 0 aliphatic rings. The molecule has 0 spiro atoms. The van der Waals surface area contributed by atoms with E-state index in [-0.39, 0.29) is 11.4 Å². The Bertz CT molecular complexity index is 899. The maximum absolute atomic E-state index is 11.6. The average Bonchev–Trinajstić information content (AvgIpc) is 2.88. The molecular formula is C20H23N3O. The van der Waals surface area contributed by atoms with Crippen molar-refractivity contribution < 1.29 is 4.79 Å². The number of anilines is 1. The van der Waals surface area contributed by atoms with Crippen molar-refractivity contribution in [1.82, 2.24) is 9.55 Å². The molecule has 0 fully saturated rings. The van der Waals surface area contributed by atoms with Gasteiger partial charge in [0.05, 0.1) is 11.1 Å². The van der Waals surface area contributed by atoms with E-state index in [0.717, 1.165) is 27.8 Å². The number of aryl methyl sites for hydroxylation is 1. The van der Waals surface area contributed by atoms with Gasteiger partial charge in [-0.1, -0.05) is 29.8 Å². The molecule has 0 radical (unpaired) electrons. The first kappa shape index (κ1) is 16.2. The highest BCUT2D eigenvalue weighted by Crippen LogP contribution is 2.37. The number of nitrogens with zero attached hydrogens (tertiary/aromatic N) is 2. The standard InChI is InChI=1S/C20H23N3O/c1-13-6-8-15(9-7-13)16-12-23(20(3,4)5)19-18(16)17(10-11-21-19)22-14(2)24/h6-12H,1-5H3,(H,21,22,24). The molecule has 1 amide bonds. The Morgan fingerprint density at radius 3 is 2.38 bits per heavy atom. The molecule has 0 atom stereocenters. The molecule has 0 aliphatic heterocycles. The summed E-state index contributed by atoms with van der Waals surface area (Å²) in [6, 6.07) is 10.3. The van der Waals surface area contributed by atoms with Gasteiger partial charge in [0, 0.05) is 30.4 Å². The van der Waals surface area contributed by atoms with Crippen LogP contribution in [0.25, 0.3) is 22.2 Å². The van der Waals surface area contributed by atoms with Gasteiger partial charge in [-0.2, -0.15) is 0 Å². The maximum atomic E-state index is 11.6. The molecule has 4 nitrogen and oxygen atoms in total. The SMILES string of the molecule is CC(=O)Nc1ccnc2c1c(-c1ccc(C)cc1)cn2C(C)(C)C. The van der Waals surface area contributed by atoms with E-state index in [9.17, 15) is 4.79 Å². The number of hydrogen-bond donors (Lipinski definition) is 1.